The van der Waals surface area contributed by atoms with E-state index in [1.165, 1.54) is 19.4 Å². The topological polar surface area (TPSA) is 144 Å². The Hall–Kier alpha value is -2.06. The Morgan fingerprint density at radius 1 is 0.755 bits per heavy atom. The number of hydrogen-bond acceptors (Lipinski definition) is 9. The molecule has 0 atom stereocenters. The Balaban J connectivity index is -0.000000615. The summed E-state index contributed by atoms with van der Waals surface area (Å²) in [6.45, 7) is 0. The zero-order valence-corrected chi connectivity index (χ0v) is 38.6. The number of hydrogen-bond donors (Lipinski definition) is 2. The number of carboxylic acid groups (broad SMARTS) is 1. The van der Waals surface area contributed by atoms with Crippen LogP contribution in [0.25, 0.3) is 0 Å². The maximum atomic E-state index is 12.1. The molecule has 0 saturated carbocycles. The number of benzene rings is 2. The van der Waals surface area contributed by atoms with E-state index in [-0.39, 0.29) is 69.7 Å². The number of pyridine rings is 3. The van der Waals surface area contributed by atoms with E-state index in [1.807, 2.05) is 0 Å². The third-order valence-electron chi connectivity index (χ3n) is 5.53. The van der Waals surface area contributed by atoms with Gasteiger partial charge in [-0.1, -0.05) is 16.6 Å². The van der Waals surface area contributed by atoms with Crippen LogP contribution in [0.4, 0.5) is 0 Å². The summed E-state index contributed by atoms with van der Waals surface area (Å²) in [7, 11) is 6.25. The van der Waals surface area contributed by atoms with Crippen LogP contribution in [0.15, 0.2) is 117 Å². The minimum Gasteiger partial charge on any atom is -1.00 e. The molecule has 19 heteroatoms. The summed E-state index contributed by atoms with van der Waals surface area (Å²) in [4.78, 5) is 54.7. The van der Waals surface area contributed by atoms with Gasteiger partial charge >= 0.3 is 29.0 Å². The van der Waals surface area contributed by atoms with Crippen molar-refractivity contribution in [2.24, 2.45) is 0 Å². The number of nitrogens with one attached hydrogen (secondary N) is 1. The average molecular weight is 1060 g/mol. The van der Waals surface area contributed by atoms with Gasteiger partial charge in [-0.2, -0.15) is 30.3 Å². The molecule has 0 saturated heterocycles. The largest absolute Gasteiger partial charge is 2.00 e. The average Bonchev–Trinajstić information content (AvgIpc) is 3.13. The molecule has 0 radical (unpaired) electrons. The molecule has 0 aliphatic carbocycles. The number of amides is 1. The number of aromatic carboxylic acids is 1. The van der Waals surface area contributed by atoms with Crippen LogP contribution >= 0.6 is 83.4 Å². The van der Waals surface area contributed by atoms with Crippen LogP contribution in [0.3, 0.4) is 0 Å². The first-order valence-electron chi connectivity index (χ1n) is 13.9. The second kappa shape index (κ2) is 32.2. The number of halogens is 7. The van der Waals surface area contributed by atoms with E-state index in [0.29, 0.717) is 35.5 Å². The monoisotopic (exact) mass is 1050 g/mol. The first-order chi connectivity index (χ1) is 23.9. The van der Waals surface area contributed by atoms with Crippen molar-refractivity contribution in [1.29, 1.82) is 0 Å². The second-order valence-electron chi connectivity index (χ2n) is 8.78. The minimum absolute atomic E-state index is 0. The summed E-state index contributed by atoms with van der Waals surface area (Å²) in [6, 6.07) is 26.7. The van der Waals surface area contributed by atoms with Gasteiger partial charge in [0.25, 0.3) is 5.91 Å². The predicted octanol–water partition coefficient (Wildman–Crippen LogP) is 5.70. The fraction of sp³-hybridized carbons (Fsp3) is 0.118. The first-order valence-corrected chi connectivity index (χ1v) is 17.0. The van der Waals surface area contributed by atoms with Crippen molar-refractivity contribution in [3.8, 4) is 0 Å². The van der Waals surface area contributed by atoms with Crippen molar-refractivity contribution in [2.75, 3.05) is 28.3 Å². The van der Waals surface area contributed by atoms with Crippen molar-refractivity contribution in [3.63, 3.8) is 0 Å². The maximum Gasteiger partial charge on any atom is 2.00 e. The molecule has 0 aliphatic rings. The number of rotatable bonds is 6. The Kier molecular flexibility index (Phi) is 33.6. The van der Waals surface area contributed by atoms with E-state index in [1.54, 1.807) is 112 Å². The Morgan fingerprint density at radius 2 is 1.15 bits per heavy atom. The van der Waals surface area contributed by atoms with Crippen molar-refractivity contribution < 1.29 is 46.1 Å². The molecular formula is C34H32Br4Cl3MgN5O6. The molecule has 0 unspecified atom stereocenters. The molecule has 5 aromatic rings. The third kappa shape index (κ3) is 22.2. The first kappa shape index (κ1) is 55.3. The van der Waals surface area contributed by atoms with E-state index < -0.39 is 5.97 Å². The van der Waals surface area contributed by atoms with Gasteiger partial charge in [-0.15, -0.1) is 24.0 Å². The van der Waals surface area contributed by atoms with Crippen molar-refractivity contribution >= 4 is 124 Å². The van der Waals surface area contributed by atoms with Crippen LogP contribution in [0.2, 0.25) is 10.0 Å². The summed E-state index contributed by atoms with van der Waals surface area (Å²) in [5.41, 5.74) is 4.23. The molecule has 280 valence electrons. The van der Waals surface area contributed by atoms with Gasteiger partial charge in [-0.25, -0.2) is 30.3 Å². The SMILES string of the molecule is CNOC.CON(C)C(=O)c1cccnc1Br.Cl.Clc1cc[c-]cc1.O=C(O)c1cccnc1Br.O=C(c1ccc(Cl)cc1)c1cccnc1Br.[Br-].[Mg+2]. The summed E-state index contributed by atoms with van der Waals surface area (Å²) in [6.07, 6.45) is 4.76. The normalized spacial score (nSPS) is 8.92. The van der Waals surface area contributed by atoms with Crippen molar-refractivity contribution in [1.82, 2.24) is 25.5 Å². The third-order valence-corrected chi connectivity index (χ3v) is 7.93. The molecule has 3 aromatic heterocycles. The molecule has 1 amide bonds. The smallest absolute Gasteiger partial charge is 1.00 e. The van der Waals surface area contributed by atoms with Crippen molar-refractivity contribution in [3.05, 3.63) is 156 Å². The van der Waals surface area contributed by atoms with E-state index in [4.69, 9.17) is 33.1 Å². The minimum atomic E-state index is -0.972. The Labute approximate surface area is 376 Å². The number of carbonyl (C=O) groups excluding carboxylic acids is 2. The van der Waals surface area contributed by atoms with Crippen LogP contribution in [0, 0.1) is 6.07 Å². The maximum absolute atomic E-state index is 12.1. The Morgan fingerprint density at radius 3 is 1.47 bits per heavy atom. The predicted molar refractivity (Wildman–Crippen MR) is 216 cm³/mol. The summed E-state index contributed by atoms with van der Waals surface area (Å²) in [5, 5.41) is 11.0. The van der Waals surface area contributed by atoms with E-state index in [9.17, 15) is 14.4 Å². The fourth-order valence-electron chi connectivity index (χ4n) is 3.02. The van der Waals surface area contributed by atoms with Gasteiger partial charge in [0, 0.05) is 43.3 Å². The van der Waals surface area contributed by atoms with Crippen LogP contribution in [-0.2, 0) is 9.68 Å². The molecule has 2 aromatic carbocycles. The summed E-state index contributed by atoms with van der Waals surface area (Å²) in [5.74, 6) is -1.28. The van der Waals surface area contributed by atoms with E-state index in [0.717, 1.165) is 10.1 Å². The molecule has 11 nitrogen and oxygen atoms in total. The number of hydroxylamine groups is 3. The molecule has 2 N–H and O–H groups in total. The van der Waals surface area contributed by atoms with Gasteiger partial charge < -0.3 is 26.9 Å². The molecule has 3 heterocycles. The number of aromatic nitrogens is 3. The Bertz CT molecular complexity index is 1790. The summed E-state index contributed by atoms with van der Waals surface area (Å²) >= 11 is 20.7. The zero-order valence-electron chi connectivity index (χ0n) is 28.5. The number of carboxylic acids is 1. The fourth-order valence-corrected chi connectivity index (χ4v) is 4.54. The molecule has 0 fully saturated rings. The molecular weight excluding hydrogens is 1020 g/mol. The molecule has 53 heavy (non-hydrogen) atoms. The van der Waals surface area contributed by atoms with Crippen LogP contribution < -0.4 is 22.5 Å². The van der Waals surface area contributed by atoms with Gasteiger partial charge in [-0.05, 0) is 108 Å². The van der Waals surface area contributed by atoms with Gasteiger partial charge in [0.05, 0.1) is 30.9 Å². The standard InChI is InChI=1S/C12H7BrClNO.C8H9BrN2O2.C6H4BrNO2.C6H4Cl.C2H7NO.BrH.ClH.Mg/c13-12-10(2-1-7-15-12)11(16)8-3-5-9(14)6-4-8;1-11(13-2)8(12)6-4-3-5-10-7(6)9;7-5-4(6(9)10)2-1-3-8-5;7-6-4-2-1-3-5-6;1-3-4-2;;;/h1-7H;3-5H,1-2H3;1-3H,(H,9,10);2-5H;3H,1-2H3;2*1H;/q;;;-1;;;;+2/p-1. The molecule has 0 spiro atoms. The molecule has 5 rings (SSSR count). The quantitative estimate of drug-likeness (QED) is 0.0716. The number of carbonyl (C=O) groups is 3. The summed E-state index contributed by atoms with van der Waals surface area (Å²) < 4.78 is 1.43. The molecule has 0 bridgehead atoms. The van der Waals surface area contributed by atoms with Gasteiger partial charge in [0.2, 0.25) is 0 Å². The zero-order chi connectivity index (χ0) is 37.5. The van der Waals surface area contributed by atoms with Crippen LogP contribution in [0.1, 0.15) is 36.6 Å². The van der Waals surface area contributed by atoms with Crippen LogP contribution in [0.5, 0.6) is 0 Å². The number of ketones is 1. The van der Waals surface area contributed by atoms with Gasteiger partial charge in [0.15, 0.2) is 5.78 Å². The van der Waals surface area contributed by atoms with Gasteiger partial charge in [-0.3, -0.25) is 14.4 Å². The van der Waals surface area contributed by atoms with Crippen LogP contribution in [-0.4, -0.2) is 94.1 Å². The van der Waals surface area contributed by atoms with Gasteiger partial charge in [0.1, 0.15) is 13.8 Å². The second-order valence-corrected chi connectivity index (χ2v) is 11.9. The van der Waals surface area contributed by atoms with E-state index in [2.05, 4.69) is 79.1 Å². The van der Waals surface area contributed by atoms with E-state index >= 15 is 0 Å². The number of nitrogens with zero attached hydrogens (tertiary/aromatic N) is 4. The molecule has 0 aliphatic heterocycles. The van der Waals surface area contributed by atoms with Crippen molar-refractivity contribution in [2.45, 2.75) is 0 Å².